The van der Waals surface area contributed by atoms with Gasteiger partial charge in [0.1, 0.15) is 5.75 Å². The minimum atomic E-state index is -0.293. The third-order valence-electron chi connectivity index (χ3n) is 6.93. The summed E-state index contributed by atoms with van der Waals surface area (Å²) in [7, 11) is 1.61. The molecule has 4 fully saturated rings. The van der Waals surface area contributed by atoms with Gasteiger partial charge >= 0.3 is 0 Å². The maximum atomic E-state index is 12.5. The summed E-state index contributed by atoms with van der Waals surface area (Å²) in [5.41, 5.74) is 5.14. The van der Waals surface area contributed by atoms with Gasteiger partial charge in [-0.2, -0.15) is 10.2 Å². The van der Waals surface area contributed by atoms with E-state index in [9.17, 15) is 4.79 Å². The zero-order valence-corrected chi connectivity index (χ0v) is 16.1. The molecular formula is C22H26N4O2. The Bertz CT molecular complexity index is 881. The molecule has 6 heteroatoms. The van der Waals surface area contributed by atoms with E-state index in [2.05, 4.69) is 20.7 Å². The molecule has 0 spiro atoms. The highest BCUT2D eigenvalue weighted by Gasteiger charge is 2.52. The predicted octanol–water partition coefficient (Wildman–Crippen LogP) is 3.65. The SMILES string of the molecule is COc1ccccc1/C=N/NC(=O)c1cc(C23CC4CC(CC(C4)C2)C3)[nH]n1. The molecule has 4 bridgehead atoms. The Morgan fingerprint density at radius 2 is 1.89 bits per heavy atom. The van der Waals surface area contributed by atoms with Crippen molar-refractivity contribution in [1.29, 1.82) is 0 Å². The summed E-state index contributed by atoms with van der Waals surface area (Å²) in [6.45, 7) is 0. The number of ether oxygens (including phenoxy) is 1. The molecule has 28 heavy (non-hydrogen) atoms. The minimum Gasteiger partial charge on any atom is -0.496 e. The highest BCUT2D eigenvalue weighted by atomic mass is 16.5. The van der Waals surface area contributed by atoms with E-state index in [1.165, 1.54) is 38.5 Å². The fraction of sp³-hybridized carbons (Fsp3) is 0.500. The molecule has 0 unspecified atom stereocenters. The Balaban J connectivity index is 1.29. The summed E-state index contributed by atoms with van der Waals surface area (Å²) >= 11 is 0. The van der Waals surface area contributed by atoms with Crippen LogP contribution in [-0.2, 0) is 5.41 Å². The van der Waals surface area contributed by atoms with Crippen molar-refractivity contribution in [3.8, 4) is 5.75 Å². The Hall–Kier alpha value is -2.63. The lowest BCUT2D eigenvalue weighted by Crippen LogP contribution is -2.48. The van der Waals surface area contributed by atoms with Gasteiger partial charge in [0.2, 0.25) is 0 Å². The van der Waals surface area contributed by atoms with E-state index in [0.717, 1.165) is 29.0 Å². The number of hydrazone groups is 1. The highest BCUT2D eigenvalue weighted by Crippen LogP contribution is 2.60. The molecule has 1 aromatic carbocycles. The molecule has 6 rings (SSSR count). The Labute approximate surface area is 164 Å². The molecular weight excluding hydrogens is 352 g/mol. The number of carbonyl (C=O) groups is 1. The molecule has 4 aliphatic rings. The molecule has 6 nitrogen and oxygen atoms in total. The van der Waals surface area contributed by atoms with Crippen LogP contribution in [0.25, 0.3) is 0 Å². The number of methoxy groups -OCH3 is 1. The van der Waals surface area contributed by atoms with Gasteiger partial charge in [-0.05, 0) is 74.5 Å². The van der Waals surface area contributed by atoms with Gasteiger partial charge in [0.25, 0.3) is 5.91 Å². The lowest BCUT2D eigenvalue weighted by Gasteiger charge is -2.56. The van der Waals surface area contributed by atoms with Crippen LogP contribution < -0.4 is 10.2 Å². The number of carbonyl (C=O) groups excluding carboxylic acids is 1. The predicted molar refractivity (Wildman–Crippen MR) is 106 cm³/mol. The van der Waals surface area contributed by atoms with Crippen molar-refractivity contribution in [2.75, 3.05) is 7.11 Å². The van der Waals surface area contributed by atoms with Crippen LogP contribution >= 0.6 is 0 Å². The fourth-order valence-corrected chi connectivity index (χ4v) is 6.14. The van der Waals surface area contributed by atoms with Crippen molar-refractivity contribution < 1.29 is 9.53 Å². The molecule has 0 atom stereocenters. The summed E-state index contributed by atoms with van der Waals surface area (Å²) in [6, 6.07) is 9.48. The van der Waals surface area contributed by atoms with E-state index in [4.69, 9.17) is 4.74 Å². The number of aromatic nitrogens is 2. The quantitative estimate of drug-likeness (QED) is 0.616. The first-order chi connectivity index (χ1) is 13.6. The highest BCUT2D eigenvalue weighted by molar-refractivity contribution is 5.93. The summed E-state index contributed by atoms with van der Waals surface area (Å²) in [5.74, 6) is 2.99. The molecule has 1 amide bonds. The molecule has 1 aromatic heterocycles. The second-order valence-corrected chi connectivity index (χ2v) is 8.81. The topological polar surface area (TPSA) is 79.4 Å². The number of rotatable bonds is 5. The number of para-hydroxylation sites is 1. The number of benzene rings is 1. The Morgan fingerprint density at radius 1 is 1.21 bits per heavy atom. The first-order valence-electron chi connectivity index (χ1n) is 10.2. The molecule has 146 valence electrons. The third-order valence-corrected chi connectivity index (χ3v) is 6.93. The molecule has 4 saturated carbocycles. The summed E-state index contributed by atoms with van der Waals surface area (Å²) in [6.07, 6.45) is 9.52. The maximum absolute atomic E-state index is 12.5. The molecule has 4 aliphatic carbocycles. The van der Waals surface area contributed by atoms with Crippen molar-refractivity contribution in [2.45, 2.75) is 43.9 Å². The van der Waals surface area contributed by atoms with E-state index in [1.807, 2.05) is 30.3 Å². The average molecular weight is 378 g/mol. The fourth-order valence-electron chi connectivity index (χ4n) is 6.14. The van der Waals surface area contributed by atoms with Crippen LogP contribution in [0.5, 0.6) is 5.75 Å². The zero-order chi connectivity index (χ0) is 19.1. The van der Waals surface area contributed by atoms with Gasteiger partial charge in [0, 0.05) is 16.7 Å². The van der Waals surface area contributed by atoms with Crippen LogP contribution in [0.1, 0.15) is 60.3 Å². The molecule has 2 aromatic rings. The summed E-state index contributed by atoms with van der Waals surface area (Å²) in [5, 5.41) is 11.6. The Morgan fingerprint density at radius 3 is 2.57 bits per heavy atom. The molecule has 0 saturated heterocycles. The number of hydrogen-bond acceptors (Lipinski definition) is 4. The van der Waals surface area contributed by atoms with E-state index in [-0.39, 0.29) is 11.3 Å². The largest absolute Gasteiger partial charge is 0.496 e. The van der Waals surface area contributed by atoms with Crippen LogP contribution in [0, 0.1) is 17.8 Å². The number of amides is 1. The van der Waals surface area contributed by atoms with Gasteiger partial charge in [-0.25, -0.2) is 5.43 Å². The van der Waals surface area contributed by atoms with Crippen molar-refractivity contribution in [2.24, 2.45) is 22.9 Å². The molecule has 2 N–H and O–H groups in total. The first kappa shape index (κ1) is 17.5. The normalized spacial score (nSPS) is 30.7. The van der Waals surface area contributed by atoms with Gasteiger partial charge < -0.3 is 4.74 Å². The van der Waals surface area contributed by atoms with Gasteiger partial charge in [0.15, 0.2) is 5.69 Å². The lowest BCUT2D eigenvalue weighted by atomic mass is 9.49. The van der Waals surface area contributed by atoms with Crippen LogP contribution in [0.2, 0.25) is 0 Å². The van der Waals surface area contributed by atoms with Crippen molar-refractivity contribution in [3.05, 3.63) is 47.3 Å². The number of aromatic amines is 1. The van der Waals surface area contributed by atoms with Crippen LogP contribution in [0.4, 0.5) is 0 Å². The first-order valence-corrected chi connectivity index (χ1v) is 10.2. The molecule has 0 aliphatic heterocycles. The van der Waals surface area contributed by atoms with E-state index < -0.39 is 0 Å². The average Bonchev–Trinajstić information content (AvgIpc) is 3.18. The van der Waals surface area contributed by atoms with E-state index in [0.29, 0.717) is 11.4 Å². The van der Waals surface area contributed by atoms with Gasteiger partial charge in [-0.15, -0.1) is 0 Å². The molecule has 1 heterocycles. The van der Waals surface area contributed by atoms with E-state index in [1.54, 1.807) is 13.3 Å². The summed E-state index contributed by atoms with van der Waals surface area (Å²) in [4.78, 5) is 12.5. The minimum absolute atomic E-state index is 0.209. The van der Waals surface area contributed by atoms with Gasteiger partial charge in [-0.1, -0.05) is 12.1 Å². The Kier molecular flexibility index (Phi) is 4.22. The van der Waals surface area contributed by atoms with Crippen molar-refractivity contribution >= 4 is 12.1 Å². The summed E-state index contributed by atoms with van der Waals surface area (Å²) < 4.78 is 5.29. The van der Waals surface area contributed by atoms with Crippen molar-refractivity contribution in [1.82, 2.24) is 15.6 Å². The van der Waals surface area contributed by atoms with Gasteiger partial charge in [-0.3, -0.25) is 9.89 Å². The van der Waals surface area contributed by atoms with Gasteiger partial charge in [0.05, 0.1) is 13.3 Å². The lowest BCUT2D eigenvalue weighted by molar-refractivity contribution is -0.00721. The third kappa shape index (κ3) is 3.01. The zero-order valence-electron chi connectivity index (χ0n) is 16.1. The monoisotopic (exact) mass is 378 g/mol. The van der Waals surface area contributed by atoms with Crippen LogP contribution in [0.3, 0.4) is 0 Å². The molecule has 0 radical (unpaired) electrons. The smallest absolute Gasteiger partial charge is 0.291 e. The number of nitrogens with one attached hydrogen (secondary N) is 2. The van der Waals surface area contributed by atoms with Crippen LogP contribution in [0.15, 0.2) is 35.4 Å². The second-order valence-electron chi connectivity index (χ2n) is 8.81. The number of nitrogens with zero attached hydrogens (tertiary/aromatic N) is 2. The van der Waals surface area contributed by atoms with Crippen LogP contribution in [-0.4, -0.2) is 29.4 Å². The van der Waals surface area contributed by atoms with Crippen molar-refractivity contribution in [3.63, 3.8) is 0 Å². The maximum Gasteiger partial charge on any atom is 0.291 e. The number of H-pyrrole nitrogens is 1. The number of hydrogen-bond donors (Lipinski definition) is 2. The second kappa shape index (κ2) is 6.76. The standard InChI is InChI=1S/C22H26N4O2/c1-28-19-5-3-2-4-17(19)13-23-26-21(27)18-9-20(25-24-18)22-10-14-6-15(11-22)8-16(7-14)12-22/h2-5,9,13-16H,6-8,10-12H2,1H3,(H,24,25)(H,26,27)/b23-13+. The van der Waals surface area contributed by atoms with E-state index >= 15 is 0 Å².